The van der Waals surface area contributed by atoms with Crippen LogP contribution in [0.2, 0.25) is 0 Å². The number of hydrazine groups is 1. The highest BCUT2D eigenvalue weighted by Crippen LogP contribution is 2.40. The van der Waals surface area contributed by atoms with Crippen LogP contribution in [0.15, 0.2) is 36.2 Å². The molecule has 0 bridgehead atoms. The Labute approximate surface area is 133 Å². The van der Waals surface area contributed by atoms with E-state index in [4.69, 9.17) is 10.2 Å². The minimum Gasteiger partial charge on any atom is -0.321 e. The van der Waals surface area contributed by atoms with Gasteiger partial charge in [0, 0.05) is 17.8 Å². The minimum atomic E-state index is -1.09. The number of aromatic nitrogens is 2. The predicted octanol–water partition coefficient (Wildman–Crippen LogP) is 2.93. The lowest BCUT2D eigenvalue weighted by Gasteiger charge is -2.19. The largest absolute Gasteiger partial charge is 0.321 e. The fourth-order valence-electron chi connectivity index (χ4n) is 2.85. The van der Waals surface area contributed by atoms with Gasteiger partial charge >= 0.3 is 0 Å². The van der Waals surface area contributed by atoms with Crippen LogP contribution < -0.4 is 10.9 Å². The van der Waals surface area contributed by atoms with E-state index >= 15 is 0 Å². The van der Waals surface area contributed by atoms with E-state index in [2.05, 4.69) is 21.5 Å². The lowest BCUT2D eigenvalue weighted by atomic mass is 10.1. The Balaban J connectivity index is 1.89. The van der Waals surface area contributed by atoms with Crippen molar-refractivity contribution in [2.75, 3.05) is 0 Å². The molecule has 2 heterocycles. The fraction of sp³-hybridized carbons (Fsp3) is 0.294. The molecule has 1 aliphatic carbocycles. The Kier molecular flexibility index (Phi) is 3.08. The van der Waals surface area contributed by atoms with Crippen LogP contribution in [0.3, 0.4) is 0 Å². The van der Waals surface area contributed by atoms with Gasteiger partial charge in [0.2, 0.25) is 0 Å². The zero-order valence-electron chi connectivity index (χ0n) is 12.7. The van der Waals surface area contributed by atoms with Gasteiger partial charge in [-0.15, -0.1) is 0 Å². The molecule has 1 fully saturated rings. The lowest BCUT2D eigenvalue weighted by molar-refractivity contribution is 0.385. The summed E-state index contributed by atoms with van der Waals surface area (Å²) in [6.45, 7) is 1.49. The third kappa shape index (κ3) is 2.34. The highest BCUT2D eigenvalue weighted by atomic mass is 19.1. The highest BCUT2D eigenvalue weighted by molar-refractivity contribution is 5.84. The van der Waals surface area contributed by atoms with Crippen LogP contribution >= 0.6 is 0 Å². The first-order valence-corrected chi connectivity index (χ1v) is 7.67. The summed E-state index contributed by atoms with van der Waals surface area (Å²) in [7, 11) is 0. The van der Waals surface area contributed by atoms with Gasteiger partial charge in [0.1, 0.15) is 12.0 Å². The van der Waals surface area contributed by atoms with E-state index in [1.54, 1.807) is 18.3 Å². The van der Waals surface area contributed by atoms with E-state index in [1.165, 1.54) is 6.92 Å². The number of hydrogen-bond donors (Lipinski definition) is 2. The first kappa shape index (κ1) is 13.8. The van der Waals surface area contributed by atoms with Crippen LogP contribution in [0, 0.1) is 11.3 Å². The Hall–Kier alpha value is -2.81. The Morgan fingerprint density at radius 1 is 1.43 bits per heavy atom. The second-order valence-corrected chi connectivity index (χ2v) is 5.94. The molecule has 4 rings (SSSR count). The molecule has 1 aromatic carbocycles. The molecule has 0 amide bonds. The summed E-state index contributed by atoms with van der Waals surface area (Å²) in [6.07, 6.45) is 4.69. The quantitative estimate of drug-likeness (QED) is 0.915. The summed E-state index contributed by atoms with van der Waals surface area (Å²) in [5, 5.41) is 9.13. The molecule has 5 nitrogen and oxygen atoms in total. The average molecular weight is 309 g/mol. The number of allylic oxidation sites excluding steroid dienone is 3. The normalized spacial score (nSPS) is 18.5. The topological polar surface area (TPSA) is 65.7 Å². The van der Waals surface area contributed by atoms with Crippen LogP contribution in [0.4, 0.5) is 4.39 Å². The molecule has 2 aliphatic rings. The number of fused-ring (bicyclic) bond motifs is 1. The van der Waals surface area contributed by atoms with Crippen molar-refractivity contribution < 1.29 is 4.39 Å². The number of nitriles is 1. The molecule has 0 radical (unpaired) electrons. The van der Waals surface area contributed by atoms with E-state index in [-0.39, 0.29) is 0 Å². The molecule has 1 aliphatic heterocycles. The van der Waals surface area contributed by atoms with Gasteiger partial charge in [0.25, 0.3) is 0 Å². The average Bonchev–Trinajstić information content (AvgIpc) is 3.34. The Morgan fingerprint density at radius 2 is 2.26 bits per heavy atom. The maximum Gasteiger partial charge on any atom is 0.142 e. The lowest BCUT2D eigenvalue weighted by Crippen LogP contribution is -2.33. The van der Waals surface area contributed by atoms with Crippen molar-refractivity contribution in [2.45, 2.75) is 32.0 Å². The van der Waals surface area contributed by atoms with Crippen molar-refractivity contribution in [2.24, 2.45) is 0 Å². The maximum absolute atomic E-state index is 13.6. The first-order chi connectivity index (χ1) is 11.2. The summed E-state index contributed by atoms with van der Waals surface area (Å²) in [4.78, 5) is 4.72. The summed E-state index contributed by atoms with van der Waals surface area (Å²) >= 11 is 0. The second kappa shape index (κ2) is 5.13. The van der Waals surface area contributed by atoms with Crippen molar-refractivity contribution in [3.8, 4) is 6.07 Å². The van der Waals surface area contributed by atoms with E-state index in [0.29, 0.717) is 17.3 Å². The van der Waals surface area contributed by atoms with Crippen LogP contribution in [0.25, 0.3) is 16.6 Å². The van der Waals surface area contributed by atoms with E-state index in [9.17, 15) is 4.39 Å². The zero-order valence-corrected chi connectivity index (χ0v) is 12.7. The number of halogens is 1. The summed E-state index contributed by atoms with van der Waals surface area (Å²) in [5.74, 6) is 0.810. The molecule has 1 unspecified atom stereocenters. The minimum absolute atomic E-state index is 0.402. The van der Waals surface area contributed by atoms with E-state index in [1.807, 2.05) is 12.1 Å². The number of rotatable bonds is 3. The molecule has 2 N–H and O–H groups in total. The van der Waals surface area contributed by atoms with Gasteiger partial charge in [-0.3, -0.25) is 0 Å². The molecule has 1 aromatic heterocycles. The van der Waals surface area contributed by atoms with Crippen molar-refractivity contribution >= 4 is 16.6 Å². The van der Waals surface area contributed by atoms with Gasteiger partial charge in [-0.05, 0) is 44.0 Å². The summed E-state index contributed by atoms with van der Waals surface area (Å²) in [5.41, 5.74) is 9.46. The fourth-order valence-corrected chi connectivity index (χ4v) is 2.85. The first-order valence-electron chi connectivity index (χ1n) is 7.67. The number of nitrogens with zero attached hydrogens (tertiary/aromatic N) is 3. The van der Waals surface area contributed by atoms with Crippen molar-refractivity contribution in [1.29, 1.82) is 5.26 Å². The van der Waals surface area contributed by atoms with Gasteiger partial charge in [-0.1, -0.05) is 0 Å². The van der Waals surface area contributed by atoms with Gasteiger partial charge in [-0.2, -0.15) is 5.26 Å². The number of imidazole rings is 1. The molecule has 1 atom stereocenters. The van der Waals surface area contributed by atoms with Crippen molar-refractivity contribution in [1.82, 2.24) is 20.4 Å². The van der Waals surface area contributed by atoms with Gasteiger partial charge in [-0.25, -0.2) is 9.37 Å². The van der Waals surface area contributed by atoms with E-state index in [0.717, 1.165) is 35.3 Å². The second-order valence-electron chi connectivity index (χ2n) is 5.94. The third-order valence-electron chi connectivity index (χ3n) is 4.17. The molecular formula is C17H16FN5. The van der Waals surface area contributed by atoms with Gasteiger partial charge in [0.05, 0.1) is 28.4 Å². The molecule has 0 spiro atoms. The summed E-state index contributed by atoms with van der Waals surface area (Å²) in [6, 6.07) is 8.10. The number of nitrogens with one attached hydrogen (secondary N) is 2. The molecule has 0 saturated heterocycles. The predicted molar refractivity (Wildman–Crippen MR) is 85.6 cm³/mol. The van der Waals surface area contributed by atoms with Crippen LogP contribution in [0.5, 0.6) is 0 Å². The van der Waals surface area contributed by atoms with Crippen LogP contribution in [0.1, 0.15) is 37.2 Å². The number of alkyl halides is 1. The standard InChI is InChI=1S/C17H16FN5/c1-10(18)15-7-12(9-20-22-15)17-21-14-5-2-11(8-19)6-16(14)23(17)13-3-4-13/h2,5-7,9-10,13,20,22H,3-4H2,1H3. The van der Waals surface area contributed by atoms with Crippen molar-refractivity contribution in [3.63, 3.8) is 0 Å². The monoisotopic (exact) mass is 309 g/mol. The zero-order chi connectivity index (χ0) is 16.0. The summed E-state index contributed by atoms with van der Waals surface area (Å²) < 4.78 is 15.8. The maximum atomic E-state index is 13.6. The SMILES string of the molecule is CC(F)C1=CC(c2nc3ccc(C#N)cc3n2C2CC2)=CNN1. The smallest absolute Gasteiger partial charge is 0.142 e. The number of benzene rings is 1. The molecule has 1 saturated carbocycles. The van der Waals surface area contributed by atoms with Gasteiger partial charge in [0.15, 0.2) is 0 Å². The molecule has 2 aromatic rings. The Bertz CT molecular complexity index is 880. The highest BCUT2D eigenvalue weighted by Gasteiger charge is 2.29. The van der Waals surface area contributed by atoms with Gasteiger partial charge < -0.3 is 15.4 Å². The third-order valence-corrected chi connectivity index (χ3v) is 4.17. The van der Waals surface area contributed by atoms with Crippen LogP contribution in [-0.2, 0) is 0 Å². The molecule has 23 heavy (non-hydrogen) atoms. The van der Waals surface area contributed by atoms with Crippen molar-refractivity contribution in [3.05, 3.63) is 47.6 Å². The number of hydrogen-bond acceptors (Lipinski definition) is 4. The Morgan fingerprint density at radius 3 is 2.96 bits per heavy atom. The van der Waals surface area contributed by atoms with Crippen LogP contribution in [-0.4, -0.2) is 15.7 Å². The van der Waals surface area contributed by atoms with E-state index < -0.39 is 6.17 Å². The molecule has 6 heteroatoms. The molecular weight excluding hydrogens is 293 g/mol. The molecule has 116 valence electrons.